The number of benzene rings is 1. The highest BCUT2D eigenvalue weighted by Crippen LogP contribution is 2.27. The molecule has 0 unspecified atom stereocenters. The zero-order valence-electron chi connectivity index (χ0n) is 10.7. The summed E-state index contributed by atoms with van der Waals surface area (Å²) in [5.74, 6) is 0.494. The van der Waals surface area contributed by atoms with Gasteiger partial charge < -0.3 is 5.32 Å². The predicted octanol–water partition coefficient (Wildman–Crippen LogP) is 3.27. The van der Waals surface area contributed by atoms with Crippen molar-refractivity contribution in [1.82, 2.24) is 14.8 Å². The summed E-state index contributed by atoms with van der Waals surface area (Å²) < 4.78 is 1.52. The van der Waals surface area contributed by atoms with Crippen LogP contribution in [0.5, 0.6) is 0 Å². The Labute approximate surface area is 126 Å². The van der Waals surface area contributed by atoms with E-state index < -0.39 is 0 Å². The van der Waals surface area contributed by atoms with Gasteiger partial charge in [0.05, 0.1) is 10.7 Å². The topological polar surface area (TPSA) is 59.8 Å². The maximum atomic E-state index is 11.9. The first-order valence-corrected chi connectivity index (χ1v) is 7.13. The molecule has 2 rings (SSSR count). The van der Waals surface area contributed by atoms with E-state index in [1.165, 1.54) is 17.3 Å². The fourth-order valence-electron chi connectivity index (χ4n) is 1.77. The van der Waals surface area contributed by atoms with Crippen molar-refractivity contribution < 1.29 is 4.79 Å². The van der Waals surface area contributed by atoms with E-state index >= 15 is 0 Å². The number of amides is 1. The SMILES string of the molecule is O=C(CCCCCl)Nc1cccc(Cl)c1-n1cncn1. The third kappa shape index (κ3) is 3.71. The molecular weight excluding hydrogens is 299 g/mol. The number of para-hydroxylation sites is 1. The number of halogens is 2. The van der Waals surface area contributed by atoms with Crippen LogP contribution < -0.4 is 5.32 Å². The molecule has 20 heavy (non-hydrogen) atoms. The van der Waals surface area contributed by atoms with E-state index in [9.17, 15) is 4.79 Å². The largest absolute Gasteiger partial charge is 0.324 e. The lowest BCUT2D eigenvalue weighted by Crippen LogP contribution is -2.13. The molecule has 1 aromatic heterocycles. The van der Waals surface area contributed by atoms with Crippen molar-refractivity contribution in [3.05, 3.63) is 35.9 Å². The van der Waals surface area contributed by atoms with Crippen molar-refractivity contribution in [3.63, 3.8) is 0 Å². The third-order valence-electron chi connectivity index (χ3n) is 2.70. The highest BCUT2D eigenvalue weighted by atomic mass is 35.5. The maximum absolute atomic E-state index is 11.9. The van der Waals surface area contributed by atoms with Crippen molar-refractivity contribution in [1.29, 1.82) is 0 Å². The van der Waals surface area contributed by atoms with Crippen molar-refractivity contribution in [2.45, 2.75) is 19.3 Å². The number of alkyl halides is 1. The van der Waals surface area contributed by atoms with Crippen LogP contribution in [-0.4, -0.2) is 26.6 Å². The Balaban J connectivity index is 2.16. The van der Waals surface area contributed by atoms with Gasteiger partial charge in [0, 0.05) is 12.3 Å². The highest BCUT2D eigenvalue weighted by Gasteiger charge is 2.12. The van der Waals surface area contributed by atoms with Crippen LogP contribution in [0.4, 0.5) is 5.69 Å². The summed E-state index contributed by atoms with van der Waals surface area (Å²) >= 11 is 11.8. The molecule has 2 aromatic rings. The average Bonchev–Trinajstić information content (AvgIpc) is 2.93. The van der Waals surface area contributed by atoms with Gasteiger partial charge >= 0.3 is 0 Å². The van der Waals surface area contributed by atoms with E-state index in [-0.39, 0.29) is 5.91 Å². The molecule has 0 aliphatic rings. The van der Waals surface area contributed by atoms with Gasteiger partial charge in [-0.1, -0.05) is 17.7 Å². The molecule has 7 heteroatoms. The average molecular weight is 313 g/mol. The fraction of sp³-hybridized carbons (Fsp3) is 0.308. The normalized spacial score (nSPS) is 10.5. The van der Waals surface area contributed by atoms with Gasteiger partial charge in [0.1, 0.15) is 18.3 Å². The van der Waals surface area contributed by atoms with Crippen LogP contribution >= 0.6 is 23.2 Å². The number of carbonyl (C=O) groups is 1. The molecular formula is C13H14Cl2N4O. The number of hydrogen-bond acceptors (Lipinski definition) is 3. The van der Waals surface area contributed by atoms with Gasteiger partial charge in [0.25, 0.3) is 0 Å². The first-order valence-electron chi connectivity index (χ1n) is 6.21. The Hall–Kier alpha value is -1.59. The second-order valence-corrected chi connectivity index (χ2v) is 4.96. The van der Waals surface area contributed by atoms with Crippen molar-refractivity contribution in [2.24, 2.45) is 0 Å². The summed E-state index contributed by atoms with van der Waals surface area (Å²) in [6, 6.07) is 5.29. The molecule has 0 saturated heterocycles. The van der Waals surface area contributed by atoms with E-state index in [1.807, 2.05) is 0 Å². The zero-order chi connectivity index (χ0) is 14.4. The van der Waals surface area contributed by atoms with Crippen molar-refractivity contribution >= 4 is 34.8 Å². The summed E-state index contributed by atoms with van der Waals surface area (Å²) in [4.78, 5) is 15.8. The summed E-state index contributed by atoms with van der Waals surface area (Å²) in [7, 11) is 0. The number of aromatic nitrogens is 3. The van der Waals surface area contributed by atoms with Gasteiger partial charge in [-0.15, -0.1) is 11.6 Å². The minimum absolute atomic E-state index is 0.0706. The summed E-state index contributed by atoms with van der Waals surface area (Å²) in [6.45, 7) is 0. The van der Waals surface area contributed by atoms with Gasteiger partial charge in [-0.2, -0.15) is 5.10 Å². The van der Waals surface area contributed by atoms with E-state index in [2.05, 4.69) is 15.4 Å². The Kier molecular flexibility index (Phi) is 5.38. The Morgan fingerprint density at radius 3 is 2.90 bits per heavy atom. The molecule has 0 fully saturated rings. The van der Waals surface area contributed by atoms with Crippen LogP contribution in [0.15, 0.2) is 30.9 Å². The number of carbonyl (C=O) groups excluding carboxylic acids is 1. The molecule has 1 amide bonds. The van der Waals surface area contributed by atoms with Crippen LogP contribution in [0, 0.1) is 0 Å². The number of rotatable bonds is 6. The summed E-state index contributed by atoms with van der Waals surface area (Å²) in [5, 5.41) is 7.38. The molecule has 0 spiro atoms. The molecule has 0 bridgehead atoms. The maximum Gasteiger partial charge on any atom is 0.224 e. The van der Waals surface area contributed by atoms with Gasteiger partial charge in [-0.3, -0.25) is 4.79 Å². The molecule has 106 valence electrons. The lowest BCUT2D eigenvalue weighted by atomic mass is 10.2. The van der Waals surface area contributed by atoms with Crippen molar-refractivity contribution in [2.75, 3.05) is 11.2 Å². The van der Waals surface area contributed by atoms with Crippen LogP contribution in [0.3, 0.4) is 0 Å². The molecule has 0 atom stereocenters. The summed E-state index contributed by atoms with van der Waals surface area (Å²) in [5.41, 5.74) is 1.22. The van der Waals surface area contributed by atoms with Crippen LogP contribution in [0.1, 0.15) is 19.3 Å². The summed E-state index contributed by atoms with van der Waals surface area (Å²) in [6.07, 6.45) is 4.95. The first-order chi connectivity index (χ1) is 9.72. The Morgan fingerprint density at radius 1 is 1.35 bits per heavy atom. The highest BCUT2D eigenvalue weighted by molar-refractivity contribution is 6.33. The van der Waals surface area contributed by atoms with Gasteiger partial charge in [-0.25, -0.2) is 9.67 Å². The van der Waals surface area contributed by atoms with Gasteiger partial charge in [-0.05, 0) is 25.0 Å². The minimum atomic E-state index is -0.0706. The number of hydrogen-bond donors (Lipinski definition) is 1. The molecule has 1 N–H and O–H groups in total. The van der Waals surface area contributed by atoms with Gasteiger partial charge in [0.15, 0.2) is 0 Å². The van der Waals surface area contributed by atoms with E-state index in [0.29, 0.717) is 28.7 Å². The molecule has 1 heterocycles. The molecule has 0 saturated carbocycles. The number of nitrogens with one attached hydrogen (secondary N) is 1. The Morgan fingerprint density at radius 2 is 2.20 bits per heavy atom. The molecule has 5 nitrogen and oxygen atoms in total. The van der Waals surface area contributed by atoms with E-state index in [0.717, 1.165) is 12.8 Å². The Bertz CT molecular complexity index is 572. The smallest absolute Gasteiger partial charge is 0.224 e. The van der Waals surface area contributed by atoms with Crippen LogP contribution in [0.2, 0.25) is 5.02 Å². The number of nitrogens with zero attached hydrogens (tertiary/aromatic N) is 3. The van der Waals surface area contributed by atoms with E-state index in [4.69, 9.17) is 23.2 Å². The van der Waals surface area contributed by atoms with E-state index in [1.54, 1.807) is 18.2 Å². The number of anilines is 1. The molecule has 0 aliphatic heterocycles. The first kappa shape index (κ1) is 14.8. The molecule has 0 aliphatic carbocycles. The minimum Gasteiger partial charge on any atom is -0.324 e. The van der Waals surface area contributed by atoms with Crippen LogP contribution in [-0.2, 0) is 4.79 Å². The second-order valence-electron chi connectivity index (χ2n) is 4.17. The number of unbranched alkanes of at least 4 members (excludes halogenated alkanes) is 1. The third-order valence-corrected chi connectivity index (χ3v) is 3.27. The van der Waals surface area contributed by atoms with Crippen molar-refractivity contribution in [3.8, 4) is 5.69 Å². The quantitative estimate of drug-likeness (QED) is 0.658. The standard InChI is InChI=1S/C13H14Cl2N4O/c14-7-2-1-6-12(20)18-11-5-3-4-10(15)13(11)19-9-16-8-17-19/h3-5,8-9H,1-2,6-7H2,(H,18,20). The van der Waals surface area contributed by atoms with Crippen LogP contribution in [0.25, 0.3) is 5.69 Å². The monoisotopic (exact) mass is 312 g/mol. The fourth-order valence-corrected chi connectivity index (χ4v) is 2.22. The molecule has 0 radical (unpaired) electrons. The van der Waals surface area contributed by atoms with Gasteiger partial charge in [0.2, 0.25) is 5.91 Å². The zero-order valence-corrected chi connectivity index (χ0v) is 12.2. The molecule has 1 aromatic carbocycles. The lowest BCUT2D eigenvalue weighted by molar-refractivity contribution is -0.116. The second kappa shape index (κ2) is 7.26. The predicted molar refractivity (Wildman–Crippen MR) is 79.6 cm³/mol. The lowest BCUT2D eigenvalue weighted by Gasteiger charge is -2.12.